The van der Waals surface area contributed by atoms with Crippen LogP contribution in [0.3, 0.4) is 0 Å². The van der Waals surface area contributed by atoms with Gasteiger partial charge in [0.15, 0.2) is 0 Å². The SMILES string of the molecule is CCNC(CN(C)C1CC1)(C(N)=O)c1ccccc1. The highest BCUT2D eigenvalue weighted by Crippen LogP contribution is 2.30. The third kappa shape index (κ3) is 2.96. The summed E-state index contributed by atoms with van der Waals surface area (Å²) in [6.07, 6.45) is 2.43. The normalized spacial score (nSPS) is 18.3. The van der Waals surface area contributed by atoms with Crippen LogP contribution in [-0.2, 0) is 10.3 Å². The first-order valence-electron chi connectivity index (χ1n) is 6.91. The Balaban J connectivity index is 2.31. The van der Waals surface area contributed by atoms with Crippen LogP contribution in [0.25, 0.3) is 0 Å². The average Bonchev–Trinajstić information content (AvgIpc) is 3.23. The number of rotatable bonds is 7. The van der Waals surface area contributed by atoms with E-state index in [0.29, 0.717) is 19.1 Å². The van der Waals surface area contributed by atoms with E-state index in [0.717, 1.165) is 5.56 Å². The number of amides is 1. The molecule has 1 aromatic carbocycles. The fourth-order valence-electron chi connectivity index (χ4n) is 2.60. The molecule has 1 fully saturated rings. The van der Waals surface area contributed by atoms with Gasteiger partial charge >= 0.3 is 0 Å². The number of nitrogens with zero attached hydrogens (tertiary/aromatic N) is 1. The lowest BCUT2D eigenvalue weighted by atomic mass is 9.88. The van der Waals surface area contributed by atoms with Crippen LogP contribution >= 0.6 is 0 Å². The predicted molar refractivity (Wildman–Crippen MR) is 76.6 cm³/mol. The summed E-state index contributed by atoms with van der Waals surface area (Å²) in [4.78, 5) is 14.4. The zero-order valence-electron chi connectivity index (χ0n) is 11.7. The van der Waals surface area contributed by atoms with Gasteiger partial charge in [0, 0.05) is 12.6 Å². The number of likely N-dealkylation sites (N-methyl/N-ethyl adjacent to an activating group) is 2. The average molecular weight is 261 g/mol. The first-order valence-corrected chi connectivity index (χ1v) is 6.91. The lowest BCUT2D eigenvalue weighted by Gasteiger charge is -2.35. The lowest BCUT2D eigenvalue weighted by Crippen LogP contribution is -2.58. The number of hydrogen-bond acceptors (Lipinski definition) is 3. The molecule has 1 aliphatic rings. The van der Waals surface area contributed by atoms with Crippen molar-refractivity contribution in [2.75, 3.05) is 20.1 Å². The summed E-state index contributed by atoms with van der Waals surface area (Å²) in [6, 6.07) is 10.4. The Labute approximate surface area is 115 Å². The zero-order chi connectivity index (χ0) is 13.9. The first kappa shape index (κ1) is 14.0. The van der Waals surface area contributed by atoms with E-state index in [1.165, 1.54) is 12.8 Å². The fourth-order valence-corrected chi connectivity index (χ4v) is 2.60. The van der Waals surface area contributed by atoms with Crippen LogP contribution in [0.4, 0.5) is 0 Å². The minimum absolute atomic E-state index is 0.312. The Kier molecular flexibility index (Phi) is 4.22. The molecule has 0 aromatic heterocycles. The highest BCUT2D eigenvalue weighted by atomic mass is 16.1. The highest BCUT2D eigenvalue weighted by Gasteiger charge is 2.41. The van der Waals surface area contributed by atoms with E-state index in [9.17, 15) is 4.79 Å². The van der Waals surface area contributed by atoms with E-state index >= 15 is 0 Å². The van der Waals surface area contributed by atoms with Crippen molar-refractivity contribution in [1.82, 2.24) is 10.2 Å². The van der Waals surface area contributed by atoms with Crippen molar-refractivity contribution in [3.63, 3.8) is 0 Å². The molecule has 0 radical (unpaired) electrons. The van der Waals surface area contributed by atoms with E-state index in [4.69, 9.17) is 5.73 Å². The van der Waals surface area contributed by atoms with Crippen molar-refractivity contribution < 1.29 is 4.79 Å². The van der Waals surface area contributed by atoms with Crippen LogP contribution in [0, 0.1) is 0 Å². The monoisotopic (exact) mass is 261 g/mol. The van der Waals surface area contributed by atoms with Crippen LogP contribution in [0.2, 0.25) is 0 Å². The molecule has 0 spiro atoms. The topological polar surface area (TPSA) is 58.4 Å². The highest BCUT2D eigenvalue weighted by molar-refractivity contribution is 5.86. The molecule has 1 unspecified atom stereocenters. The molecule has 1 atom stereocenters. The maximum Gasteiger partial charge on any atom is 0.243 e. The maximum absolute atomic E-state index is 12.1. The van der Waals surface area contributed by atoms with Gasteiger partial charge in [0.2, 0.25) is 5.91 Å². The number of nitrogens with two attached hydrogens (primary N) is 1. The molecule has 0 heterocycles. The second-order valence-electron chi connectivity index (χ2n) is 5.31. The molecule has 0 bridgehead atoms. The summed E-state index contributed by atoms with van der Waals surface area (Å²) in [6.45, 7) is 3.32. The molecular weight excluding hydrogens is 238 g/mol. The minimum atomic E-state index is -0.798. The molecule has 2 rings (SSSR count). The van der Waals surface area contributed by atoms with Gasteiger partial charge in [-0.05, 0) is 32.0 Å². The van der Waals surface area contributed by atoms with Gasteiger partial charge in [0.1, 0.15) is 5.54 Å². The number of benzene rings is 1. The number of carbonyl (C=O) groups is 1. The van der Waals surface area contributed by atoms with E-state index < -0.39 is 5.54 Å². The van der Waals surface area contributed by atoms with Gasteiger partial charge < -0.3 is 10.6 Å². The number of nitrogens with one attached hydrogen (secondary N) is 1. The number of primary amides is 1. The van der Waals surface area contributed by atoms with Crippen LogP contribution in [0.1, 0.15) is 25.3 Å². The van der Waals surface area contributed by atoms with Crippen molar-refractivity contribution in [3.8, 4) is 0 Å². The first-order chi connectivity index (χ1) is 9.10. The largest absolute Gasteiger partial charge is 0.368 e. The van der Waals surface area contributed by atoms with E-state index in [1.54, 1.807) is 0 Å². The van der Waals surface area contributed by atoms with Crippen LogP contribution in [0.5, 0.6) is 0 Å². The third-order valence-corrected chi connectivity index (χ3v) is 3.82. The zero-order valence-corrected chi connectivity index (χ0v) is 11.7. The lowest BCUT2D eigenvalue weighted by molar-refractivity contribution is -0.125. The summed E-state index contributed by atoms with van der Waals surface area (Å²) in [5.74, 6) is -0.312. The van der Waals surface area contributed by atoms with E-state index in [1.807, 2.05) is 37.3 Å². The van der Waals surface area contributed by atoms with Gasteiger partial charge in [-0.25, -0.2) is 0 Å². The van der Waals surface area contributed by atoms with Crippen molar-refractivity contribution in [1.29, 1.82) is 0 Å². The molecule has 4 heteroatoms. The summed E-state index contributed by atoms with van der Waals surface area (Å²) < 4.78 is 0. The minimum Gasteiger partial charge on any atom is -0.368 e. The smallest absolute Gasteiger partial charge is 0.243 e. The Morgan fingerprint density at radius 1 is 1.42 bits per heavy atom. The van der Waals surface area contributed by atoms with E-state index in [2.05, 4.69) is 17.3 Å². The van der Waals surface area contributed by atoms with Crippen LogP contribution < -0.4 is 11.1 Å². The van der Waals surface area contributed by atoms with Crippen molar-refractivity contribution in [3.05, 3.63) is 35.9 Å². The molecule has 104 valence electrons. The fraction of sp³-hybridized carbons (Fsp3) is 0.533. The molecule has 1 aliphatic carbocycles. The van der Waals surface area contributed by atoms with Crippen LogP contribution in [0.15, 0.2) is 30.3 Å². The Bertz CT molecular complexity index is 430. The second kappa shape index (κ2) is 5.72. The maximum atomic E-state index is 12.1. The summed E-state index contributed by atoms with van der Waals surface area (Å²) in [5, 5.41) is 3.31. The third-order valence-electron chi connectivity index (χ3n) is 3.82. The summed E-state index contributed by atoms with van der Waals surface area (Å²) in [7, 11) is 2.07. The number of carbonyl (C=O) groups excluding carboxylic acids is 1. The van der Waals surface area contributed by atoms with Gasteiger partial charge in [-0.3, -0.25) is 10.1 Å². The quantitative estimate of drug-likeness (QED) is 0.772. The van der Waals surface area contributed by atoms with Gasteiger partial charge in [0.05, 0.1) is 0 Å². The molecule has 3 N–H and O–H groups in total. The molecule has 1 saturated carbocycles. The standard InChI is InChI=1S/C15H23N3O/c1-3-17-15(14(16)19,11-18(2)13-9-10-13)12-7-5-4-6-8-12/h4-8,13,17H,3,9-11H2,1-2H3,(H2,16,19). The molecule has 1 aromatic rings. The molecule has 0 aliphatic heterocycles. The summed E-state index contributed by atoms with van der Waals surface area (Å²) in [5.41, 5.74) is 5.87. The Morgan fingerprint density at radius 3 is 2.53 bits per heavy atom. The number of hydrogen-bond donors (Lipinski definition) is 2. The van der Waals surface area contributed by atoms with Crippen molar-refractivity contribution in [2.24, 2.45) is 5.73 Å². The van der Waals surface area contributed by atoms with Crippen molar-refractivity contribution >= 4 is 5.91 Å². The van der Waals surface area contributed by atoms with Crippen molar-refractivity contribution in [2.45, 2.75) is 31.3 Å². The van der Waals surface area contributed by atoms with Crippen LogP contribution in [-0.4, -0.2) is 37.0 Å². The Morgan fingerprint density at radius 2 is 2.05 bits per heavy atom. The molecule has 19 heavy (non-hydrogen) atoms. The molecule has 1 amide bonds. The second-order valence-corrected chi connectivity index (χ2v) is 5.31. The summed E-state index contributed by atoms with van der Waals surface area (Å²) >= 11 is 0. The van der Waals surface area contributed by atoms with Gasteiger partial charge in [-0.2, -0.15) is 0 Å². The molecular formula is C15H23N3O. The van der Waals surface area contributed by atoms with Gasteiger partial charge in [0.25, 0.3) is 0 Å². The Hall–Kier alpha value is -1.39. The molecule has 0 saturated heterocycles. The van der Waals surface area contributed by atoms with E-state index in [-0.39, 0.29) is 5.91 Å². The predicted octanol–water partition coefficient (Wildman–Crippen LogP) is 1.07. The van der Waals surface area contributed by atoms with Gasteiger partial charge in [-0.1, -0.05) is 37.3 Å². The van der Waals surface area contributed by atoms with Gasteiger partial charge in [-0.15, -0.1) is 0 Å². The molecule has 4 nitrogen and oxygen atoms in total.